The Morgan fingerprint density at radius 1 is 1.03 bits per heavy atom. The molecule has 0 unspecified atom stereocenters. The molecule has 0 aliphatic carbocycles. The quantitative estimate of drug-likeness (QED) is 0.581. The SMILES string of the molecule is O=C(Cc1nnc(CNC(=O)c2ccccc2)s1)Nc1ccc(C(F)(F)F)cc1Cl. The Hall–Kier alpha value is -2.98. The van der Waals surface area contributed by atoms with E-state index in [0.29, 0.717) is 15.6 Å². The van der Waals surface area contributed by atoms with Gasteiger partial charge in [-0.05, 0) is 30.3 Å². The number of nitrogens with zero attached hydrogens (tertiary/aromatic N) is 2. The topological polar surface area (TPSA) is 84.0 Å². The van der Waals surface area contributed by atoms with Crippen LogP contribution in [0.4, 0.5) is 18.9 Å². The predicted octanol–water partition coefficient (Wildman–Crippen LogP) is 4.32. The molecule has 1 aromatic heterocycles. The van der Waals surface area contributed by atoms with Crippen LogP contribution >= 0.6 is 22.9 Å². The third-order valence-corrected chi connectivity index (χ3v) is 5.06. The second-order valence-corrected chi connectivity index (χ2v) is 7.61. The number of amides is 2. The molecule has 11 heteroatoms. The van der Waals surface area contributed by atoms with Crippen LogP contribution in [0.5, 0.6) is 0 Å². The van der Waals surface area contributed by atoms with Crippen LogP contribution < -0.4 is 10.6 Å². The molecule has 0 fully saturated rings. The molecule has 3 aromatic rings. The normalized spacial score (nSPS) is 11.2. The molecule has 3 rings (SSSR count). The van der Waals surface area contributed by atoms with Gasteiger partial charge in [0.1, 0.15) is 10.0 Å². The maximum Gasteiger partial charge on any atom is 0.416 e. The van der Waals surface area contributed by atoms with Crippen LogP contribution in [0.25, 0.3) is 0 Å². The fourth-order valence-corrected chi connectivity index (χ4v) is 3.41. The lowest BCUT2D eigenvalue weighted by Gasteiger charge is -2.10. The summed E-state index contributed by atoms with van der Waals surface area (Å²) in [5.74, 6) is -0.769. The van der Waals surface area contributed by atoms with Crippen molar-refractivity contribution in [1.29, 1.82) is 0 Å². The predicted molar refractivity (Wildman–Crippen MR) is 106 cm³/mol. The lowest BCUT2D eigenvalue weighted by molar-refractivity contribution is -0.137. The van der Waals surface area contributed by atoms with Crippen LogP contribution in [0, 0.1) is 0 Å². The van der Waals surface area contributed by atoms with Gasteiger partial charge in [-0.3, -0.25) is 9.59 Å². The van der Waals surface area contributed by atoms with E-state index in [4.69, 9.17) is 11.6 Å². The van der Waals surface area contributed by atoms with Gasteiger partial charge in [0.15, 0.2) is 0 Å². The molecule has 156 valence electrons. The molecule has 0 radical (unpaired) electrons. The molecule has 0 aliphatic rings. The van der Waals surface area contributed by atoms with Gasteiger partial charge in [0.2, 0.25) is 5.91 Å². The van der Waals surface area contributed by atoms with Crippen LogP contribution in [0.1, 0.15) is 25.9 Å². The number of carbonyl (C=O) groups is 2. The van der Waals surface area contributed by atoms with E-state index in [1.807, 2.05) is 0 Å². The maximum atomic E-state index is 12.7. The minimum atomic E-state index is -4.52. The van der Waals surface area contributed by atoms with Crippen molar-refractivity contribution in [2.45, 2.75) is 19.1 Å². The first-order chi connectivity index (χ1) is 14.2. The number of alkyl halides is 3. The highest BCUT2D eigenvalue weighted by atomic mass is 35.5. The molecule has 2 N–H and O–H groups in total. The van der Waals surface area contributed by atoms with Gasteiger partial charge < -0.3 is 10.6 Å². The molecule has 0 atom stereocenters. The van der Waals surface area contributed by atoms with Crippen molar-refractivity contribution in [3.05, 3.63) is 74.7 Å². The Labute approximate surface area is 178 Å². The second-order valence-electron chi connectivity index (χ2n) is 6.06. The fourth-order valence-electron chi connectivity index (χ4n) is 2.40. The molecule has 0 bridgehead atoms. The van der Waals surface area contributed by atoms with Gasteiger partial charge in [-0.1, -0.05) is 41.1 Å². The number of halogens is 4. The van der Waals surface area contributed by atoms with Crippen LogP contribution in [0.15, 0.2) is 48.5 Å². The van der Waals surface area contributed by atoms with Gasteiger partial charge in [0, 0.05) is 5.56 Å². The Morgan fingerprint density at radius 2 is 1.73 bits per heavy atom. The highest BCUT2D eigenvalue weighted by Gasteiger charge is 2.31. The van der Waals surface area contributed by atoms with Gasteiger partial charge in [0.25, 0.3) is 5.91 Å². The van der Waals surface area contributed by atoms with Gasteiger partial charge in [-0.25, -0.2) is 0 Å². The van der Waals surface area contributed by atoms with E-state index in [1.54, 1.807) is 30.3 Å². The first-order valence-electron chi connectivity index (χ1n) is 8.53. The molecule has 30 heavy (non-hydrogen) atoms. The molecule has 6 nitrogen and oxygen atoms in total. The van der Waals surface area contributed by atoms with Gasteiger partial charge in [-0.15, -0.1) is 10.2 Å². The number of aromatic nitrogens is 2. The van der Waals surface area contributed by atoms with Crippen LogP contribution in [0.3, 0.4) is 0 Å². The summed E-state index contributed by atoms with van der Waals surface area (Å²) in [5, 5.41) is 13.6. The standard InChI is InChI=1S/C19H14ClF3N4O2S/c20-13-8-12(19(21,22)23)6-7-14(13)25-15(28)9-16-26-27-17(30-16)10-24-18(29)11-4-2-1-3-5-11/h1-8H,9-10H2,(H,24,29)(H,25,28). The number of anilines is 1. The molecule has 2 amide bonds. The van der Waals surface area contributed by atoms with Gasteiger partial charge >= 0.3 is 6.18 Å². The van der Waals surface area contributed by atoms with Crippen LogP contribution in [-0.4, -0.2) is 22.0 Å². The Balaban J connectivity index is 1.54. The van der Waals surface area contributed by atoms with Gasteiger partial charge in [0.05, 0.1) is 29.2 Å². The summed E-state index contributed by atoms with van der Waals surface area (Å²) < 4.78 is 38.0. The summed E-state index contributed by atoms with van der Waals surface area (Å²) in [6.45, 7) is 0.151. The molecule has 1 heterocycles. The highest BCUT2D eigenvalue weighted by molar-refractivity contribution is 7.11. The lowest BCUT2D eigenvalue weighted by Crippen LogP contribution is -2.22. The third kappa shape index (κ3) is 5.77. The molecule has 0 saturated heterocycles. The number of benzene rings is 2. The van der Waals surface area contributed by atoms with Crippen molar-refractivity contribution < 1.29 is 22.8 Å². The fraction of sp³-hybridized carbons (Fsp3) is 0.158. The lowest BCUT2D eigenvalue weighted by atomic mass is 10.2. The van der Waals surface area contributed by atoms with E-state index in [9.17, 15) is 22.8 Å². The number of rotatable bonds is 6. The van der Waals surface area contributed by atoms with E-state index < -0.39 is 17.6 Å². The van der Waals surface area contributed by atoms with Crippen molar-refractivity contribution >= 4 is 40.4 Å². The van der Waals surface area contributed by atoms with E-state index in [0.717, 1.165) is 29.5 Å². The van der Waals surface area contributed by atoms with Gasteiger partial charge in [-0.2, -0.15) is 13.2 Å². The summed E-state index contributed by atoms with van der Waals surface area (Å²) >= 11 is 6.97. The van der Waals surface area contributed by atoms with E-state index in [1.165, 1.54) is 0 Å². The molecule has 0 spiro atoms. The zero-order valence-electron chi connectivity index (χ0n) is 15.2. The Kier molecular flexibility index (Phi) is 6.68. The summed E-state index contributed by atoms with van der Waals surface area (Å²) in [5.41, 5.74) is -0.332. The van der Waals surface area contributed by atoms with Crippen LogP contribution in [-0.2, 0) is 23.9 Å². The minimum Gasteiger partial charge on any atom is -0.345 e. The van der Waals surface area contributed by atoms with Crippen LogP contribution in [0.2, 0.25) is 5.02 Å². The Bertz CT molecular complexity index is 1060. The first kappa shape index (κ1) is 21.7. The van der Waals surface area contributed by atoms with Crippen molar-refractivity contribution in [3.63, 3.8) is 0 Å². The molecule has 0 aliphatic heterocycles. The zero-order valence-corrected chi connectivity index (χ0v) is 16.7. The average Bonchev–Trinajstić information content (AvgIpc) is 3.14. The monoisotopic (exact) mass is 454 g/mol. The highest BCUT2D eigenvalue weighted by Crippen LogP contribution is 2.33. The molecular weight excluding hydrogens is 441 g/mol. The van der Waals surface area contributed by atoms with E-state index >= 15 is 0 Å². The van der Waals surface area contributed by atoms with E-state index in [2.05, 4.69) is 20.8 Å². The molecule has 2 aromatic carbocycles. The van der Waals surface area contributed by atoms with Crippen molar-refractivity contribution in [2.24, 2.45) is 0 Å². The average molecular weight is 455 g/mol. The smallest absolute Gasteiger partial charge is 0.345 e. The summed E-state index contributed by atoms with van der Waals surface area (Å²) in [6, 6.07) is 11.3. The Morgan fingerprint density at radius 3 is 2.40 bits per heavy atom. The zero-order chi connectivity index (χ0) is 21.7. The number of hydrogen-bond donors (Lipinski definition) is 2. The molecular formula is C19H14ClF3N4O2S. The minimum absolute atomic E-state index is 0.0644. The second kappa shape index (κ2) is 9.23. The summed E-state index contributed by atoms with van der Waals surface area (Å²) in [7, 11) is 0. The molecule has 0 saturated carbocycles. The van der Waals surface area contributed by atoms with Crippen molar-refractivity contribution in [1.82, 2.24) is 15.5 Å². The van der Waals surface area contributed by atoms with E-state index in [-0.39, 0.29) is 29.6 Å². The largest absolute Gasteiger partial charge is 0.416 e. The van der Waals surface area contributed by atoms with Crippen molar-refractivity contribution in [3.8, 4) is 0 Å². The maximum absolute atomic E-state index is 12.7. The number of hydrogen-bond acceptors (Lipinski definition) is 5. The summed E-state index contributed by atoms with van der Waals surface area (Å²) in [6.07, 6.45) is -4.66. The number of nitrogens with one attached hydrogen (secondary N) is 2. The third-order valence-electron chi connectivity index (χ3n) is 3.83. The van der Waals surface area contributed by atoms with Crippen molar-refractivity contribution in [2.75, 3.05) is 5.32 Å². The number of carbonyl (C=O) groups excluding carboxylic acids is 2. The summed E-state index contributed by atoms with van der Waals surface area (Å²) in [4.78, 5) is 24.2. The first-order valence-corrected chi connectivity index (χ1v) is 9.73.